The lowest BCUT2D eigenvalue weighted by atomic mass is 10.0. The topological polar surface area (TPSA) is 95.9 Å². The van der Waals surface area contributed by atoms with Crippen LogP contribution in [0, 0.1) is 0 Å². The molecule has 8 heteroatoms. The molecule has 2 N–H and O–H groups in total. The van der Waals surface area contributed by atoms with Crippen LogP contribution in [0.15, 0.2) is 41.3 Å². The Morgan fingerprint density at radius 3 is 2.52 bits per heavy atom. The number of aromatic amines is 1. The fourth-order valence-corrected chi connectivity index (χ4v) is 3.64. The highest BCUT2D eigenvalue weighted by atomic mass is 16.1. The Hall–Kier alpha value is -3.16. The van der Waals surface area contributed by atoms with E-state index in [2.05, 4.69) is 20.3 Å². The van der Waals surface area contributed by atoms with Gasteiger partial charge in [-0.2, -0.15) is 10.1 Å². The van der Waals surface area contributed by atoms with Gasteiger partial charge in [-0.25, -0.2) is 4.68 Å². The zero-order chi connectivity index (χ0) is 20.6. The fourth-order valence-electron chi connectivity index (χ4n) is 3.64. The number of piperidine rings is 1. The van der Waals surface area contributed by atoms with Gasteiger partial charge in [0, 0.05) is 24.7 Å². The van der Waals surface area contributed by atoms with Crippen LogP contribution in [0.25, 0.3) is 11.0 Å². The first-order valence-electron chi connectivity index (χ1n) is 9.92. The zero-order valence-corrected chi connectivity index (χ0v) is 17.0. The number of hydrogen-bond donors (Lipinski definition) is 2. The van der Waals surface area contributed by atoms with Gasteiger partial charge in [-0.15, -0.1) is 0 Å². The van der Waals surface area contributed by atoms with Gasteiger partial charge in [0.1, 0.15) is 5.39 Å². The van der Waals surface area contributed by atoms with E-state index >= 15 is 0 Å². The van der Waals surface area contributed by atoms with Crippen molar-refractivity contribution >= 4 is 22.9 Å². The molecule has 29 heavy (non-hydrogen) atoms. The molecule has 0 aliphatic carbocycles. The molecule has 0 spiro atoms. The lowest BCUT2D eigenvalue weighted by Gasteiger charge is -2.32. The van der Waals surface area contributed by atoms with Gasteiger partial charge in [0.25, 0.3) is 11.5 Å². The van der Waals surface area contributed by atoms with E-state index < -0.39 is 0 Å². The van der Waals surface area contributed by atoms with E-state index in [0.29, 0.717) is 35.6 Å². The molecule has 1 aliphatic heterocycles. The molecule has 3 aromatic rings. The summed E-state index contributed by atoms with van der Waals surface area (Å²) in [4.78, 5) is 34.5. The van der Waals surface area contributed by atoms with Crippen LogP contribution < -0.4 is 15.8 Å². The van der Waals surface area contributed by atoms with Crippen molar-refractivity contribution in [2.45, 2.75) is 45.2 Å². The molecule has 0 atom stereocenters. The van der Waals surface area contributed by atoms with E-state index in [1.807, 2.05) is 51.1 Å². The first-order chi connectivity index (χ1) is 13.8. The summed E-state index contributed by atoms with van der Waals surface area (Å²) in [5.74, 6) is 0.507. The summed E-state index contributed by atoms with van der Waals surface area (Å²) < 4.78 is 1.79. The van der Waals surface area contributed by atoms with Gasteiger partial charge in [0.05, 0.1) is 11.7 Å². The molecule has 0 bridgehead atoms. The van der Waals surface area contributed by atoms with Crippen LogP contribution in [0.1, 0.15) is 44.0 Å². The maximum absolute atomic E-state index is 12.5. The smallest absolute Gasteiger partial charge is 0.263 e. The summed E-state index contributed by atoms with van der Waals surface area (Å²) in [7, 11) is 0. The first kappa shape index (κ1) is 19.2. The normalized spacial score (nSPS) is 15.6. The molecule has 152 valence electrons. The van der Waals surface area contributed by atoms with Crippen LogP contribution in [-0.2, 0) is 5.54 Å². The minimum Gasteiger partial charge on any atom is -0.349 e. The van der Waals surface area contributed by atoms with E-state index in [4.69, 9.17) is 4.98 Å². The minimum absolute atomic E-state index is 0.0499. The summed E-state index contributed by atoms with van der Waals surface area (Å²) >= 11 is 0. The Balaban J connectivity index is 1.48. The molecular formula is C21H26N6O2. The number of nitrogens with zero attached hydrogens (tertiary/aromatic N) is 4. The number of amides is 1. The lowest BCUT2D eigenvalue weighted by Crippen LogP contribution is -2.45. The van der Waals surface area contributed by atoms with E-state index in [1.54, 1.807) is 10.9 Å². The molecule has 1 aliphatic rings. The second kappa shape index (κ2) is 7.35. The van der Waals surface area contributed by atoms with E-state index in [1.165, 1.54) is 0 Å². The number of aromatic nitrogens is 4. The molecule has 4 rings (SSSR count). The Kier molecular flexibility index (Phi) is 4.86. The molecule has 1 amide bonds. The lowest BCUT2D eigenvalue weighted by molar-refractivity contribution is 0.0931. The number of rotatable bonds is 3. The molecule has 1 fully saturated rings. The van der Waals surface area contributed by atoms with Gasteiger partial charge < -0.3 is 10.2 Å². The van der Waals surface area contributed by atoms with Gasteiger partial charge >= 0.3 is 0 Å². The average Bonchev–Trinajstić information content (AvgIpc) is 3.14. The molecule has 0 saturated carbocycles. The summed E-state index contributed by atoms with van der Waals surface area (Å²) in [5.41, 5.74) is 0.812. The van der Waals surface area contributed by atoms with E-state index in [9.17, 15) is 9.59 Å². The van der Waals surface area contributed by atoms with Crippen LogP contribution in [-0.4, -0.2) is 44.8 Å². The summed E-state index contributed by atoms with van der Waals surface area (Å²) in [6.45, 7) is 7.50. The van der Waals surface area contributed by atoms with Gasteiger partial charge in [-0.05, 0) is 45.7 Å². The number of hydrogen-bond acceptors (Lipinski definition) is 5. The van der Waals surface area contributed by atoms with Crippen molar-refractivity contribution < 1.29 is 4.79 Å². The predicted molar refractivity (Wildman–Crippen MR) is 112 cm³/mol. The van der Waals surface area contributed by atoms with Crippen molar-refractivity contribution in [2.75, 3.05) is 18.0 Å². The first-order valence-corrected chi connectivity index (χ1v) is 9.92. The maximum atomic E-state index is 12.5. The number of benzene rings is 1. The SMILES string of the molecule is CC(C)(C)n1ncc2c(=O)[nH]c(N3CCC(NC(=O)c4ccccc4)CC3)nc21. The maximum Gasteiger partial charge on any atom is 0.263 e. The number of nitrogens with one attached hydrogen (secondary N) is 2. The Morgan fingerprint density at radius 2 is 1.86 bits per heavy atom. The van der Waals surface area contributed by atoms with Crippen molar-refractivity contribution in [3.63, 3.8) is 0 Å². The van der Waals surface area contributed by atoms with Crippen LogP contribution in [0.2, 0.25) is 0 Å². The van der Waals surface area contributed by atoms with Crippen molar-refractivity contribution in [1.82, 2.24) is 25.1 Å². The van der Waals surface area contributed by atoms with Crippen LogP contribution in [0.5, 0.6) is 0 Å². The van der Waals surface area contributed by atoms with Crippen molar-refractivity contribution in [3.8, 4) is 0 Å². The quantitative estimate of drug-likeness (QED) is 0.710. The fraction of sp³-hybridized carbons (Fsp3) is 0.429. The van der Waals surface area contributed by atoms with Gasteiger partial charge in [0.2, 0.25) is 5.95 Å². The Bertz CT molecular complexity index is 1070. The van der Waals surface area contributed by atoms with Crippen molar-refractivity contribution in [1.29, 1.82) is 0 Å². The number of carbonyl (C=O) groups is 1. The zero-order valence-electron chi connectivity index (χ0n) is 17.0. The van der Waals surface area contributed by atoms with Crippen LogP contribution in [0.4, 0.5) is 5.95 Å². The number of H-pyrrole nitrogens is 1. The molecule has 1 aromatic carbocycles. The largest absolute Gasteiger partial charge is 0.349 e. The third-order valence-corrected chi connectivity index (χ3v) is 5.23. The van der Waals surface area contributed by atoms with Gasteiger partial charge in [0.15, 0.2) is 5.65 Å². The highest BCUT2D eigenvalue weighted by molar-refractivity contribution is 5.94. The summed E-state index contributed by atoms with van der Waals surface area (Å²) in [6.07, 6.45) is 3.15. The van der Waals surface area contributed by atoms with Crippen molar-refractivity contribution in [3.05, 3.63) is 52.4 Å². The number of carbonyl (C=O) groups excluding carboxylic acids is 1. The van der Waals surface area contributed by atoms with Crippen LogP contribution in [0.3, 0.4) is 0 Å². The molecular weight excluding hydrogens is 368 g/mol. The highest BCUT2D eigenvalue weighted by Crippen LogP contribution is 2.21. The van der Waals surface area contributed by atoms with Gasteiger partial charge in [-0.1, -0.05) is 18.2 Å². The average molecular weight is 394 g/mol. The monoisotopic (exact) mass is 394 g/mol. The Labute approximate surface area is 168 Å². The minimum atomic E-state index is -0.269. The summed E-state index contributed by atoms with van der Waals surface area (Å²) in [5, 5.41) is 7.95. The predicted octanol–water partition coefficient (Wildman–Crippen LogP) is 2.27. The molecule has 0 unspecified atom stereocenters. The summed E-state index contributed by atoms with van der Waals surface area (Å²) in [6, 6.07) is 9.34. The Morgan fingerprint density at radius 1 is 1.17 bits per heavy atom. The van der Waals surface area contributed by atoms with E-state index in [-0.39, 0.29) is 23.0 Å². The molecule has 8 nitrogen and oxygen atoms in total. The second-order valence-corrected chi connectivity index (χ2v) is 8.45. The number of fused-ring (bicyclic) bond motifs is 1. The second-order valence-electron chi connectivity index (χ2n) is 8.45. The van der Waals surface area contributed by atoms with E-state index in [0.717, 1.165) is 12.8 Å². The highest BCUT2D eigenvalue weighted by Gasteiger charge is 2.25. The van der Waals surface area contributed by atoms with Crippen molar-refractivity contribution in [2.24, 2.45) is 0 Å². The molecule has 0 radical (unpaired) electrons. The standard InChI is InChI=1S/C21H26N6O2/c1-21(2,3)27-17-16(13-22-27)19(29)25-20(24-17)26-11-9-15(10-12-26)23-18(28)14-7-5-4-6-8-14/h4-8,13,15H,9-12H2,1-3H3,(H,23,28)(H,24,25,29). The van der Waals surface area contributed by atoms with Crippen LogP contribution >= 0.6 is 0 Å². The molecule has 3 heterocycles. The number of anilines is 1. The third-order valence-electron chi connectivity index (χ3n) is 5.23. The third kappa shape index (κ3) is 3.87. The molecule has 1 saturated heterocycles. The molecule has 2 aromatic heterocycles. The van der Waals surface area contributed by atoms with Gasteiger partial charge in [-0.3, -0.25) is 14.6 Å².